The van der Waals surface area contributed by atoms with Gasteiger partial charge in [0.15, 0.2) is 17.1 Å². The van der Waals surface area contributed by atoms with Crippen LogP contribution in [0.4, 0.5) is 5.82 Å². The van der Waals surface area contributed by atoms with Gasteiger partial charge in [-0.05, 0) is 58.5 Å². The minimum absolute atomic E-state index is 0.244. The van der Waals surface area contributed by atoms with Crippen molar-refractivity contribution in [2.75, 3.05) is 5.32 Å². The predicted octanol–water partition coefficient (Wildman–Crippen LogP) is 4.15. The Morgan fingerprint density at radius 2 is 2.00 bits per heavy atom. The number of aromatic nitrogens is 4. The van der Waals surface area contributed by atoms with Gasteiger partial charge in [-0.1, -0.05) is 12.1 Å². The van der Waals surface area contributed by atoms with Crippen molar-refractivity contribution in [3.63, 3.8) is 0 Å². The summed E-state index contributed by atoms with van der Waals surface area (Å²) in [5, 5.41) is 8.76. The van der Waals surface area contributed by atoms with Crippen LogP contribution in [0.5, 0.6) is 11.5 Å². The van der Waals surface area contributed by atoms with Crippen molar-refractivity contribution in [1.82, 2.24) is 19.7 Å². The molecule has 1 aliphatic heterocycles. The number of nitrogens with one attached hydrogen (secondary N) is 1. The van der Waals surface area contributed by atoms with E-state index >= 15 is 0 Å². The van der Waals surface area contributed by atoms with E-state index < -0.39 is 0 Å². The second-order valence-corrected chi connectivity index (χ2v) is 7.68. The Kier molecular flexibility index (Phi) is 4.27. The van der Waals surface area contributed by atoms with E-state index in [0.29, 0.717) is 6.54 Å². The number of benzene rings is 2. The Balaban J connectivity index is 1.42. The second kappa shape index (κ2) is 6.93. The first-order valence-corrected chi connectivity index (χ1v) is 9.90. The number of hydrogen-bond donors (Lipinski definition) is 1. The van der Waals surface area contributed by atoms with Gasteiger partial charge in [-0.25, -0.2) is 14.6 Å². The first-order chi connectivity index (χ1) is 13.7. The highest BCUT2D eigenvalue weighted by Gasteiger charge is 2.20. The fourth-order valence-corrected chi connectivity index (χ4v) is 3.73. The zero-order valence-electron chi connectivity index (χ0n) is 15.0. The Morgan fingerprint density at radius 3 is 2.89 bits per heavy atom. The lowest BCUT2D eigenvalue weighted by Gasteiger charge is -2.08. The third-order valence-electron chi connectivity index (χ3n) is 4.47. The molecule has 28 heavy (non-hydrogen) atoms. The van der Waals surface area contributed by atoms with Gasteiger partial charge in [0, 0.05) is 17.0 Å². The molecule has 140 valence electrons. The van der Waals surface area contributed by atoms with Crippen LogP contribution in [0.2, 0.25) is 0 Å². The molecule has 0 amide bonds. The number of ether oxygens (including phenoxy) is 2. The van der Waals surface area contributed by atoms with E-state index in [1.807, 2.05) is 48.0 Å². The summed E-state index contributed by atoms with van der Waals surface area (Å²) in [6.07, 6.45) is 3.10. The minimum Gasteiger partial charge on any atom is -0.451 e. The summed E-state index contributed by atoms with van der Waals surface area (Å²) in [6, 6.07) is 14.1. The molecule has 5 rings (SSSR count). The maximum atomic E-state index is 5.64. The molecule has 7 nitrogen and oxygen atoms in total. The van der Waals surface area contributed by atoms with Crippen LogP contribution in [0.15, 0.2) is 55.0 Å². The SMILES string of the molecule is CC1Oc2ccc(CNc3ncnc4c3cnn4-c3cccc(I)c3)cc2O1. The van der Waals surface area contributed by atoms with Gasteiger partial charge in [0.1, 0.15) is 12.1 Å². The number of rotatable bonds is 4. The van der Waals surface area contributed by atoms with Gasteiger partial charge in [-0.2, -0.15) is 5.10 Å². The molecule has 0 aliphatic carbocycles. The van der Waals surface area contributed by atoms with Crippen molar-refractivity contribution in [2.24, 2.45) is 0 Å². The molecule has 0 radical (unpaired) electrons. The number of nitrogens with zero attached hydrogens (tertiary/aromatic N) is 4. The van der Waals surface area contributed by atoms with Crippen LogP contribution in [-0.2, 0) is 6.54 Å². The monoisotopic (exact) mass is 485 g/mol. The third kappa shape index (κ3) is 3.13. The predicted molar refractivity (Wildman–Crippen MR) is 114 cm³/mol. The highest BCUT2D eigenvalue weighted by atomic mass is 127. The standard InChI is InChI=1S/C20H16IN5O2/c1-12-27-17-6-5-13(7-18(17)28-12)9-22-19-16-10-25-26(20(16)24-11-23-19)15-4-2-3-14(21)8-15/h2-8,10-12H,9H2,1H3,(H,22,23,24). The van der Waals surface area contributed by atoms with Crippen molar-refractivity contribution in [2.45, 2.75) is 19.8 Å². The normalized spacial score (nSPS) is 15.1. The lowest BCUT2D eigenvalue weighted by molar-refractivity contribution is 0.0678. The zero-order valence-corrected chi connectivity index (χ0v) is 17.1. The molecule has 0 saturated carbocycles. The van der Waals surface area contributed by atoms with E-state index in [0.717, 1.165) is 43.2 Å². The Labute approximate surface area is 174 Å². The minimum atomic E-state index is -0.244. The van der Waals surface area contributed by atoms with Gasteiger partial charge < -0.3 is 14.8 Å². The summed E-state index contributed by atoms with van der Waals surface area (Å²) in [6.45, 7) is 2.48. The molecule has 0 saturated heterocycles. The molecule has 3 heterocycles. The van der Waals surface area contributed by atoms with E-state index in [-0.39, 0.29) is 6.29 Å². The van der Waals surface area contributed by atoms with E-state index in [1.54, 1.807) is 12.5 Å². The van der Waals surface area contributed by atoms with Crippen molar-refractivity contribution >= 4 is 39.4 Å². The van der Waals surface area contributed by atoms with Crippen molar-refractivity contribution in [3.05, 3.63) is 64.1 Å². The molecule has 1 atom stereocenters. The largest absolute Gasteiger partial charge is 0.451 e. The lowest BCUT2D eigenvalue weighted by atomic mass is 10.2. The average molecular weight is 485 g/mol. The van der Waals surface area contributed by atoms with E-state index in [1.165, 1.54) is 0 Å². The number of anilines is 1. The van der Waals surface area contributed by atoms with Crippen molar-refractivity contribution in [1.29, 1.82) is 0 Å². The molecule has 1 unspecified atom stereocenters. The average Bonchev–Trinajstić information content (AvgIpc) is 3.28. The van der Waals surface area contributed by atoms with Gasteiger partial charge in [0.2, 0.25) is 6.29 Å². The van der Waals surface area contributed by atoms with Crippen LogP contribution in [0.1, 0.15) is 12.5 Å². The molecule has 4 aromatic rings. The van der Waals surface area contributed by atoms with Crippen LogP contribution in [0.3, 0.4) is 0 Å². The maximum Gasteiger partial charge on any atom is 0.238 e. The van der Waals surface area contributed by atoms with Crippen molar-refractivity contribution < 1.29 is 9.47 Å². The fraction of sp³-hybridized carbons (Fsp3) is 0.150. The molecule has 1 N–H and O–H groups in total. The number of fused-ring (bicyclic) bond motifs is 2. The smallest absolute Gasteiger partial charge is 0.238 e. The highest BCUT2D eigenvalue weighted by Crippen LogP contribution is 2.35. The molecule has 0 spiro atoms. The summed E-state index contributed by atoms with van der Waals surface area (Å²) in [7, 11) is 0. The topological polar surface area (TPSA) is 74.1 Å². The Morgan fingerprint density at radius 1 is 1.11 bits per heavy atom. The number of hydrogen-bond acceptors (Lipinski definition) is 6. The molecule has 2 aromatic carbocycles. The van der Waals surface area contributed by atoms with Crippen LogP contribution in [-0.4, -0.2) is 26.0 Å². The Bertz CT molecular complexity index is 1180. The fourth-order valence-electron chi connectivity index (χ4n) is 3.20. The van der Waals surface area contributed by atoms with Gasteiger partial charge in [-0.3, -0.25) is 0 Å². The van der Waals surface area contributed by atoms with Gasteiger partial charge >= 0.3 is 0 Å². The maximum absolute atomic E-state index is 5.64. The molecular formula is C20H16IN5O2. The lowest BCUT2D eigenvalue weighted by Crippen LogP contribution is -2.11. The summed E-state index contributed by atoms with van der Waals surface area (Å²) in [5.74, 6) is 2.29. The van der Waals surface area contributed by atoms with Gasteiger partial charge in [0.05, 0.1) is 17.3 Å². The quantitative estimate of drug-likeness (QED) is 0.438. The second-order valence-electron chi connectivity index (χ2n) is 6.43. The molecule has 0 fully saturated rings. The molecule has 0 bridgehead atoms. The van der Waals surface area contributed by atoms with Gasteiger partial charge in [-0.15, -0.1) is 0 Å². The van der Waals surface area contributed by atoms with Gasteiger partial charge in [0.25, 0.3) is 0 Å². The molecule has 8 heteroatoms. The zero-order chi connectivity index (χ0) is 19.1. The van der Waals surface area contributed by atoms with Crippen LogP contribution in [0.25, 0.3) is 16.7 Å². The summed E-state index contributed by atoms with van der Waals surface area (Å²) in [5.41, 5.74) is 2.81. The third-order valence-corrected chi connectivity index (χ3v) is 5.14. The number of halogens is 1. The van der Waals surface area contributed by atoms with E-state index in [9.17, 15) is 0 Å². The summed E-state index contributed by atoms with van der Waals surface area (Å²) >= 11 is 2.29. The first-order valence-electron chi connectivity index (χ1n) is 8.82. The van der Waals surface area contributed by atoms with E-state index in [2.05, 4.69) is 49.0 Å². The van der Waals surface area contributed by atoms with Crippen LogP contribution < -0.4 is 14.8 Å². The molecule has 1 aliphatic rings. The van der Waals surface area contributed by atoms with Crippen LogP contribution in [0, 0.1) is 3.57 Å². The highest BCUT2D eigenvalue weighted by molar-refractivity contribution is 14.1. The molecule has 2 aromatic heterocycles. The summed E-state index contributed by atoms with van der Waals surface area (Å²) in [4.78, 5) is 8.83. The van der Waals surface area contributed by atoms with E-state index in [4.69, 9.17) is 9.47 Å². The summed E-state index contributed by atoms with van der Waals surface area (Å²) < 4.78 is 14.2. The Hall–Kier alpha value is -2.88. The van der Waals surface area contributed by atoms with Crippen molar-refractivity contribution in [3.8, 4) is 17.2 Å². The van der Waals surface area contributed by atoms with Crippen LogP contribution >= 0.6 is 22.6 Å². The molecular weight excluding hydrogens is 469 g/mol. The first kappa shape index (κ1) is 17.2.